The number of benzene rings is 3. The van der Waals surface area contributed by atoms with Crippen molar-refractivity contribution in [3.8, 4) is 0 Å². The van der Waals surface area contributed by atoms with E-state index in [1.807, 2.05) is 12.1 Å². The summed E-state index contributed by atoms with van der Waals surface area (Å²) in [4.78, 5) is 42.6. The lowest BCUT2D eigenvalue weighted by Crippen LogP contribution is -2.49. The molecule has 10 heteroatoms. The minimum atomic E-state index is -1.25. The predicted octanol–water partition coefficient (Wildman–Crippen LogP) is 5.12. The normalized spacial score (nSPS) is 16.9. The van der Waals surface area contributed by atoms with Crippen molar-refractivity contribution in [2.75, 3.05) is 39.3 Å². The third kappa shape index (κ3) is 6.27. The van der Waals surface area contributed by atoms with Crippen molar-refractivity contribution in [1.82, 2.24) is 14.7 Å². The Labute approximate surface area is 256 Å². The maximum Gasteiger partial charge on any atom is 0.334 e. The number of hydrogen-bond donors (Lipinski definition) is 2. The Balaban J connectivity index is 1.35. The number of nitro benzene ring substituents is 1. The van der Waals surface area contributed by atoms with Crippen LogP contribution in [0.3, 0.4) is 0 Å². The molecular weight excluding hydrogens is 560 g/mol. The maximum atomic E-state index is 12.6. The fourth-order valence-electron chi connectivity index (χ4n) is 6.52. The SMILES string of the molecule is CC1=C(C(=O)O)C(c2cccc([N+](=O)[O-])c2)C(C(=O)O)=C(C)N1CCN1CCN(C(c2ccccc2)c2ccccc2)CC1. The Kier molecular flexibility index (Phi) is 9.22. The highest BCUT2D eigenvalue weighted by atomic mass is 16.6. The molecular formula is C34H36N4O6. The van der Waals surface area contributed by atoms with Gasteiger partial charge in [0.05, 0.1) is 28.0 Å². The van der Waals surface area contributed by atoms with Crippen molar-refractivity contribution in [3.63, 3.8) is 0 Å². The van der Waals surface area contributed by atoms with Gasteiger partial charge in [0.1, 0.15) is 0 Å². The van der Waals surface area contributed by atoms with E-state index < -0.39 is 22.8 Å². The Morgan fingerprint density at radius 1 is 0.795 bits per heavy atom. The number of carbonyl (C=O) groups is 2. The van der Waals surface area contributed by atoms with E-state index in [4.69, 9.17) is 0 Å². The molecule has 2 heterocycles. The minimum absolute atomic E-state index is 0.0909. The number of carboxylic acids is 2. The first-order chi connectivity index (χ1) is 21.2. The van der Waals surface area contributed by atoms with E-state index in [1.54, 1.807) is 18.7 Å². The highest BCUT2D eigenvalue weighted by Crippen LogP contribution is 2.42. The topological polar surface area (TPSA) is 127 Å². The lowest BCUT2D eigenvalue weighted by molar-refractivity contribution is -0.384. The monoisotopic (exact) mass is 596 g/mol. The molecule has 2 aliphatic rings. The van der Waals surface area contributed by atoms with Crippen LogP contribution >= 0.6 is 0 Å². The van der Waals surface area contributed by atoms with Gasteiger partial charge in [0.25, 0.3) is 5.69 Å². The third-order valence-corrected chi connectivity index (χ3v) is 8.68. The van der Waals surface area contributed by atoms with Crippen molar-refractivity contribution >= 4 is 17.6 Å². The first kappa shape index (κ1) is 30.7. The zero-order valence-electron chi connectivity index (χ0n) is 24.8. The van der Waals surface area contributed by atoms with Gasteiger partial charge in [-0.2, -0.15) is 0 Å². The molecule has 3 aromatic rings. The van der Waals surface area contributed by atoms with Gasteiger partial charge in [-0.3, -0.25) is 19.9 Å². The van der Waals surface area contributed by atoms with E-state index in [-0.39, 0.29) is 28.4 Å². The zero-order valence-corrected chi connectivity index (χ0v) is 24.8. The molecule has 0 aliphatic carbocycles. The Morgan fingerprint density at radius 3 is 1.80 bits per heavy atom. The number of rotatable bonds is 10. The minimum Gasteiger partial charge on any atom is -0.478 e. The van der Waals surface area contributed by atoms with Crippen LogP contribution < -0.4 is 0 Å². The molecule has 1 fully saturated rings. The van der Waals surface area contributed by atoms with Crippen molar-refractivity contribution in [3.05, 3.63) is 134 Å². The molecule has 1 saturated heterocycles. The highest BCUT2D eigenvalue weighted by Gasteiger charge is 2.40. The molecule has 228 valence electrons. The van der Waals surface area contributed by atoms with E-state index in [2.05, 4.69) is 58.3 Å². The van der Waals surface area contributed by atoms with Gasteiger partial charge in [0.2, 0.25) is 0 Å². The van der Waals surface area contributed by atoms with Crippen molar-refractivity contribution in [1.29, 1.82) is 0 Å². The number of nitro groups is 1. The fourth-order valence-corrected chi connectivity index (χ4v) is 6.52. The molecule has 3 aromatic carbocycles. The van der Waals surface area contributed by atoms with E-state index in [0.717, 1.165) is 26.2 Å². The maximum absolute atomic E-state index is 12.6. The number of aliphatic carboxylic acids is 2. The van der Waals surface area contributed by atoms with Crippen LogP contribution in [0.25, 0.3) is 0 Å². The second-order valence-electron chi connectivity index (χ2n) is 11.1. The molecule has 0 aromatic heterocycles. The quantitative estimate of drug-likeness (QED) is 0.242. The second-order valence-corrected chi connectivity index (χ2v) is 11.1. The van der Waals surface area contributed by atoms with Crippen LogP contribution in [0.1, 0.15) is 42.5 Å². The molecule has 2 aliphatic heterocycles. The summed E-state index contributed by atoms with van der Waals surface area (Å²) >= 11 is 0. The number of piperazine rings is 1. The third-order valence-electron chi connectivity index (χ3n) is 8.68. The molecule has 10 nitrogen and oxygen atoms in total. The molecule has 0 spiro atoms. The summed E-state index contributed by atoms with van der Waals surface area (Å²) in [5.41, 5.74) is 3.20. The summed E-state index contributed by atoms with van der Waals surface area (Å²) < 4.78 is 0. The van der Waals surface area contributed by atoms with Crippen molar-refractivity contribution < 1.29 is 24.7 Å². The average Bonchev–Trinajstić information content (AvgIpc) is 3.02. The van der Waals surface area contributed by atoms with Crippen LogP contribution in [-0.2, 0) is 9.59 Å². The van der Waals surface area contributed by atoms with Gasteiger partial charge in [0, 0.05) is 62.8 Å². The molecule has 2 N–H and O–H groups in total. The Hall–Kier alpha value is -4.80. The molecule has 0 saturated carbocycles. The standard InChI is InChI=1S/C34H36N4O6/c1-23-29(33(39)40)31(27-14-9-15-28(22-27)38(43)44)30(34(41)42)24(2)37(23)21-18-35-16-19-36(20-17-35)32(25-10-5-3-6-11-25)26-12-7-4-8-13-26/h3-15,22,31-32H,16-21H2,1-2H3,(H,39,40)(H,41,42). The summed E-state index contributed by atoms with van der Waals surface area (Å²) in [6, 6.07) is 26.6. The lowest BCUT2D eigenvalue weighted by atomic mass is 9.79. The smallest absolute Gasteiger partial charge is 0.334 e. The molecule has 0 unspecified atom stereocenters. The number of carboxylic acid groups (broad SMARTS) is 2. The molecule has 0 amide bonds. The molecule has 0 radical (unpaired) electrons. The average molecular weight is 597 g/mol. The van der Waals surface area contributed by atoms with Gasteiger partial charge in [-0.1, -0.05) is 72.8 Å². The van der Waals surface area contributed by atoms with Gasteiger partial charge < -0.3 is 15.1 Å². The van der Waals surface area contributed by atoms with Gasteiger partial charge in [-0.05, 0) is 30.5 Å². The second kappa shape index (κ2) is 13.2. The van der Waals surface area contributed by atoms with Crippen molar-refractivity contribution in [2.45, 2.75) is 25.8 Å². The number of hydrogen-bond acceptors (Lipinski definition) is 7. The summed E-state index contributed by atoms with van der Waals surface area (Å²) in [6.07, 6.45) is 0. The van der Waals surface area contributed by atoms with E-state index in [1.165, 1.54) is 35.4 Å². The lowest BCUT2D eigenvalue weighted by Gasteiger charge is -2.41. The van der Waals surface area contributed by atoms with E-state index in [9.17, 15) is 29.9 Å². The van der Waals surface area contributed by atoms with Crippen LogP contribution in [0.5, 0.6) is 0 Å². The Morgan fingerprint density at radius 2 is 1.32 bits per heavy atom. The van der Waals surface area contributed by atoms with E-state index >= 15 is 0 Å². The van der Waals surface area contributed by atoms with Crippen LogP contribution in [0.4, 0.5) is 5.69 Å². The number of allylic oxidation sites excluding steroid dienone is 2. The zero-order chi connectivity index (χ0) is 31.4. The first-order valence-corrected chi connectivity index (χ1v) is 14.6. The van der Waals surface area contributed by atoms with Gasteiger partial charge in [0.15, 0.2) is 0 Å². The van der Waals surface area contributed by atoms with E-state index in [0.29, 0.717) is 24.5 Å². The summed E-state index contributed by atoms with van der Waals surface area (Å²) in [5.74, 6) is -3.65. The molecule has 0 atom stereocenters. The highest BCUT2D eigenvalue weighted by molar-refractivity contribution is 5.98. The van der Waals surface area contributed by atoms with Crippen LogP contribution in [0, 0.1) is 10.1 Å². The summed E-state index contributed by atoms with van der Waals surface area (Å²) in [5, 5.41) is 31.9. The predicted molar refractivity (Wildman–Crippen MR) is 166 cm³/mol. The Bertz CT molecular complexity index is 1520. The largest absolute Gasteiger partial charge is 0.478 e. The summed E-state index contributed by atoms with van der Waals surface area (Å²) in [7, 11) is 0. The van der Waals surface area contributed by atoms with Gasteiger partial charge >= 0.3 is 11.9 Å². The molecule has 0 bridgehead atoms. The van der Waals surface area contributed by atoms with Crippen LogP contribution in [-0.4, -0.2) is 81.0 Å². The van der Waals surface area contributed by atoms with Crippen LogP contribution in [0.2, 0.25) is 0 Å². The number of nitrogens with zero attached hydrogens (tertiary/aromatic N) is 4. The van der Waals surface area contributed by atoms with Gasteiger partial charge in [-0.25, -0.2) is 9.59 Å². The molecule has 44 heavy (non-hydrogen) atoms. The fraction of sp³-hybridized carbons (Fsp3) is 0.294. The summed E-state index contributed by atoms with van der Waals surface area (Å²) in [6.45, 7) is 7.68. The first-order valence-electron chi connectivity index (χ1n) is 14.6. The van der Waals surface area contributed by atoms with Gasteiger partial charge in [-0.15, -0.1) is 0 Å². The van der Waals surface area contributed by atoms with Crippen LogP contribution in [0.15, 0.2) is 107 Å². The van der Waals surface area contributed by atoms with Crippen molar-refractivity contribution in [2.24, 2.45) is 0 Å². The molecule has 5 rings (SSSR count). The number of non-ortho nitro benzene ring substituents is 1.